The smallest absolute Gasteiger partial charge is 0.147 e. The lowest BCUT2D eigenvalue weighted by molar-refractivity contribution is -0.116. The molecule has 0 saturated carbocycles. The minimum absolute atomic E-state index is 0.0726. The number of carbonyl (C=O) groups is 1. The van der Waals surface area contributed by atoms with E-state index in [0.29, 0.717) is 12.2 Å². The minimum atomic E-state index is -0.448. The van der Waals surface area contributed by atoms with Gasteiger partial charge in [0.05, 0.1) is 10.8 Å². The van der Waals surface area contributed by atoms with Gasteiger partial charge in [-0.05, 0) is 23.4 Å². The summed E-state index contributed by atoms with van der Waals surface area (Å²) in [6.45, 7) is 2.01. The predicted octanol–water partition coefficient (Wildman–Crippen LogP) is 3.34. The van der Waals surface area contributed by atoms with Crippen molar-refractivity contribution in [3.05, 3.63) is 34.6 Å². The Hall–Kier alpha value is -0.540. The van der Waals surface area contributed by atoms with Crippen LogP contribution in [0.1, 0.15) is 12.5 Å². The Morgan fingerprint density at radius 2 is 2.27 bits per heavy atom. The molecule has 1 aromatic carbocycles. The molecule has 0 heterocycles. The molecule has 0 aliphatic rings. The normalized spacial score (nSPS) is 10.3. The molecule has 0 bridgehead atoms. The van der Waals surface area contributed by atoms with E-state index in [1.54, 1.807) is 17.8 Å². The first kappa shape index (κ1) is 12.5. The molecule has 0 saturated heterocycles. The summed E-state index contributed by atoms with van der Waals surface area (Å²) in [6.07, 6.45) is 0.326. The van der Waals surface area contributed by atoms with Crippen molar-refractivity contribution in [1.29, 1.82) is 0 Å². The second-order valence-corrected chi connectivity index (χ2v) is 4.78. The standard InChI is InChI=1S/C11H12ClFOS/c1-2-15-7-9(14)5-8-3-4-11(13)10(12)6-8/h3-4,6H,2,5,7H2,1H3. The zero-order chi connectivity index (χ0) is 11.3. The fourth-order valence-corrected chi connectivity index (χ4v) is 1.88. The Labute approximate surface area is 98.0 Å². The van der Waals surface area contributed by atoms with Crippen LogP contribution in [-0.2, 0) is 11.2 Å². The molecule has 0 aliphatic carbocycles. The maximum absolute atomic E-state index is 12.8. The Bertz CT molecular complexity index is 354. The van der Waals surface area contributed by atoms with Crippen LogP contribution >= 0.6 is 23.4 Å². The molecular weight excluding hydrogens is 235 g/mol. The monoisotopic (exact) mass is 246 g/mol. The molecule has 0 spiro atoms. The fourth-order valence-electron chi connectivity index (χ4n) is 1.14. The van der Waals surface area contributed by atoms with Crippen LogP contribution in [-0.4, -0.2) is 17.3 Å². The summed E-state index contributed by atoms with van der Waals surface area (Å²) in [4.78, 5) is 11.4. The van der Waals surface area contributed by atoms with Crippen LogP contribution < -0.4 is 0 Å². The molecule has 0 aromatic heterocycles. The Kier molecular flexibility index (Phi) is 5.12. The first-order valence-electron chi connectivity index (χ1n) is 4.67. The number of rotatable bonds is 5. The van der Waals surface area contributed by atoms with Gasteiger partial charge in [-0.25, -0.2) is 4.39 Å². The van der Waals surface area contributed by atoms with Crippen molar-refractivity contribution in [1.82, 2.24) is 0 Å². The van der Waals surface area contributed by atoms with Crippen molar-refractivity contribution in [3.63, 3.8) is 0 Å². The largest absolute Gasteiger partial charge is 0.298 e. The van der Waals surface area contributed by atoms with Crippen molar-refractivity contribution in [3.8, 4) is 0 Å². The van der Waals surface area contributed by atoms with E-state index >= 15 is 0 Å². The summed E-state index contributed by atoms with van der Waals surface area (Å²) in [7, 11) is 0. The van der Waals surface area contributed by atoms with Gasteiger partial charge in [-0.2, -0.15) is 11.8 Å². The highest BCUT2D eigenvalue weighted by molar-refractivity contribution is 7.99. The number of carbonyl (C=O) groups excluding carboxylic acids is 1. The molecule has 82 valence electrons. The van der Waals surface area contributed by atoms with Gasteiger partial charge in [0.25, 0.3) is 0 Å². The van der Waals surface area contributed by atoms with E-state index in [1.807, 2.05) is 6.92 Å². The van der Waals surface area contributed by atoms with E-state index in [0.717, 1.165) is 11.3 Å². The first-order chi connectivity index (χ1) is 7.13. The van der Waals surface area contributed by atoms with E-state index in [9.17, 15) is 9.18 Å². The average molecular weight is 247 g/mol. The van der Waals surface area contributed by atoms with Gasteiger partial charge in [-0.15, -0.1) is 0 Å². The number of halogens is 2. The first-order valence-corrected chi connectivity index (χ1v) is 6.20. The second-order valence-electron chi connectivity index (χ2n) is 3.10. The molecule has 0 radical (unpaired) electrons. The van der Waals surface area contributed by atoms with Crippen LogP contribution in [0.4, 0.5) is 4.39 Å². The Balaban J connectivity index is 2.57. The molecule has 1 rings (SSSR count). The summed E-state index contributed by atoms with van der Waals surface area (Å²) in [6, 6.07) is 4.39. The molecule has 0 unspecified atom stereocenters. The quantitative estimate of drug-likeness (QED) is 0.793. The average Bonchev–Trinajstić information content (AvgIpc) is 2.20. The Morgan fingerprint density at radius 3 is 2.87 bits per heavy atom. The van der Waals surface area contributed by atoms with Crippen LogP contribution in [0.25, 0.3) is 0 Å². The van der Waals surface area contributed by atoms with E-state index in [1.165, 1.54) is 12.1 Å². The molecule has 0 N–H and O–H groups in total. The van der Waals surface area contributed by atoms with Gasteiger partial charge >= 0.3 is 0 Å². The van der Waals surface area contributed by atoms with Gasteiger partial charge in [0, 0.05) is 6.42 Å². The highest BCUT2D eigenvalue weighted by atomic mass is 35.5. The molecule has 15 heavy (non-hydrogen) atoms. The maximum Gasteiger partial charge on any atom is 0.147 e. The number of thioether (sulfide) groups is 1. The summed E-state index contributed by atoms with van der Waals surface area (Å²) in [5.41, 5.74) is 0.767. The van der Waals surface area contributed by atoms with Crippen molar-refractivity contribution in [2.24, 2.45) is 0 Å². The fraction of sp³-hybridized carbons (Fsp3) is 0.364. The van der Waals surface area contributed by atoms with E-state index in [2.05, 4.69) is 0 Å². The third kappa shape index (κ3) is 4.22. The predicted molar refractivity (Wildman–Crippen MR) is 63.1 cm³/mol. The maximum atomic E-state index is 12.8. The Morgan fingerprint density at radius 1 is 1.53 bits per heavy atom. The van der Waals surface area contributed by atoms with Gasteiger partial charge in [0.1, 0.15) is 11.6 Å². The highest BCUT2D eigenvalue weighted by Gasteiger charge is 2.06. The van der Waals surface area contributed by atoms with Crippen molar-refractivity contribution in [2.45, 2.75) is 13.3 Å². The molecule has 0 aliphatic heterocycles. The number of hydrogen-bond acceptors (Lipinski definition) is 2. The van der Waals surface area contributed by atoms with Crippen LogP contribution in [0.15, 0.2) is 18.2 Å². The lowest BCUT2D eigenvalue weighted by Crippen LogP contribution is -2.06. The summed E-state index contributed by atoms with van der Waals surface area (Å²) in [5, 5.41) is 0.0726. The van der Waals surface area contributed by atoms with Crippen molar-refractivity contribution in [2.75, 3.05) is 11.5 Å². The molecule has 1 nitrogen and oxygen atoms in total. The van der Waals surface area contributed by atoms with Gasteiger partial charge in [0.15, 0.2) is 0 Å². The van der Waals surface area contributed by atoms with Gasteiger partial charge in [0.2, 0.25) is 0 Å². The number of Topliss-reactive ketones (excluding diaryl/α,β-unsaturated/α-hetero) is 1. The second kappa shape index (κ2) is 6.13. The summed E-state index contributed by atoms with van der Waals surface area (Å²) >= 11 is 7.20. The molecule has 0 amide bonds. The van der Waals surface area contributed by atoms with Gasteiger partial charge in [-0.3, -0.25) is 4.79 Å². The minimum Gasteiger partial charge on any atom is -0.298 e. The zero-order valence-corrected chi connectivity index (χ0v) is 10.00. The molecule has 1 aromatic rings. The lowest BCUT2D eigenvalue weighted by Gasteiger charge is -2.01. The lowest BCUT2D eigenvalue weighted by atomic mass is 10.1. The van der Waals surface area contributed by atoms with Crippen molar-refractivity contribution < 1.29 is 9.18 Å². The summed E-state index contributed by atoms with van der Waals surface area (Å²) in [5.74, 6) is 1.13. The number of benzene rings is 1. The van der Waals surface area contributed by atoms with E-state index in [4.69, 9.17) is 11.6 Å². The van der Waals surface area contributed by atoms with Crippen LogP contribution in [0.2, 0.25) is 5.02 Å². The molecule has 0 fully saturated rings. The topological polar surface area (TPSA) is 17.1 Å². The van der Waals surface area contributed by atoms with Crippen LogP contribution in [0.3, 0.4) is 0 Å². The van der Waals surface area contributed by atoms with E-state index in [-0.39, 0.29) is 10.8 Å². The third-order valence-electron chi connectivity index (χ3n) is 1.85. The molecule has 4 heteroatoms. The van der Waals surface area contributed by atoms with Crippen LogP contribution in [0, 0.1) is 5.82 Å². The number of ketones is 1. The molecular formula is C11H12ClFOS. The van der Waals surface area contributed by atoms with Crippen LogP contribution in [0.5, 0.6) is 0 Å². The summed E-state index contributed by atoms with van der Waals surface area (Å²) < 4.78 is 12.8. The zero-order valence-electron chi connectivity index (χ0n) is 8.43. The SMILES string of the molecule is CCSCC(=O)Cc1ccc(F)c(Cl)c1. The van der Waals surface area contributed by atoms with Gasteiger partial charge < -0.3 is 0 Å². The highest BCUT2D eigenvalue weighted by Crippen LogP contribution is 2.16. The third-order valence-corrected chi connectivity index (χ3v) is 3.08. The van der Waals surface area contributed by atoms with Gasteiger partial charge in [-0.1, -0.05) is 24.6 Å². The van der Waals surface area contributed by atoms with Crippen molar-refractivity contribution >= 4 is 29.1 Å². The van der Waals surface area contributed by atoms with E-state index < -0.39 is 5.82 Å². The number of hydrogen-bond donors (Lipinski definition) is 0. The molecule has 0 atom stereocenters.